The normalized spacial score (nSPS) is 14.0. The number of amidine groups is 2. The molecule has 8 nitrogen and oxygen atoms in total. The van der Waals surface area contributed by atoms with Crippen molar-refractivity contribution in [2.75, 3.05) is 31.7 Å². The number of carbonyl (C=O) groups is 1. The maximum atomic E-state index is 12.9. The monoisotopic (exact) mass is 487 g/mol. The molecular weight excluding hydrogens is 454 g/mol. The zero-order chi connectivity index (χ0) is 25.7. The minimum Gasteiger partial charge on any atom is -0.490 e. The second-order valence-electron chi connectivity index (χ2n) is 9.11. The summed E-state index contributed by atoms with van der Waals surface area (Å²) in [6.45, 7) is 3.83. The molecule has 0 aliphatic carbocycles. The van der Waals surface area contributed by atoms with Gasteiger partial charge in [-0.2, -0.15) is 0 Å². The number of methoxy groups -OCH3 is 1. The Morgan fingerprint density at radius 2 is 1.72 bits per heavy atom. The fourth-order valence-electron chi connectivity index (χ4n) is 4.48. The Morgan fingerprint density at radius 3 is 2.36 bits per heavy atom. The third kappa shape index (κ3) is 6.01. The lowest BCUT2D eigenvalue weighted by molar-refractivity contribution is -0.122. The van der Waals surface area contributed by atoms with E-state index >= 15 is 0 Å². The number of amides is 1. The van der Waals surface area contributed by atoms with Gasteiger partial charge in [0.2, 0.25) is 0 Å². The number of carbonyl (C=O) groups excluding carboxylic acids is 1. The van der Waals surface area contributed by atoms with E-state index in [1.165, 1.54) is 7.11 Å². The van der Waals surface area contributed by atoms with Gasteiger partial charge in [0, 0.05) is 44.3 Å². The molecule has 1 amide bonds. The van der Waals surface area contributed by atoms with Crippen molar-refractivity contribution in [3.8, 4) is 5.75 Å². The summed E-state index contributed by atoms with van der Waals surface area (Å²) in [5.74, 6) is 1.25. The molecular formula is C28H33N5O3. The number of fused-ring (bicyclic) bond motifs is 1. The number of anilines is 1. The van der Waals surface area contributed by atoms with Gasteiger partial charge in [0.1, 0.15) is 24.3 Å². The lowest BCUT2D eigenvalue weighted by Crippen LogP contribution is -2.40. The zero-order valence-corrected chi connectivity index (χ0v) is 20.8. The number of benzene rings is 3. The molecule has 1 heterocycles. The third-order valence-corrected chi connectivity index (χ3v) is 6.49. The first-order valence-corrected chi connectivity index (χ1v) is 12.1. The van der Waals surface area contributed by atoms with Crippen LogP contribution in [0.3, 0.4) is 0 Å². The van der Waals surface area contributed by atoms with E-state index in [-0.39, 0.29) is 24.5 Å². The number of nitrogens with zero attached hydrogens (tertiary/aromatic N) is 2. The molecule has 0 bridgehead atoms. The number of nitrogen functional groups attached to an aromatic ring is 1. The first kappa shape index (κ1) is 25.2. The van der Waals surface area contributed by atoms with Gasteiger partial charge in [0.25, 0.3) is 5.91 Å². The second-order valence-corrected chi connectivity index (χ2v) is 9.11. The summed E-state index contributed by atoms with van der Waals surface area (Å²) in [5, 5.41) is 17.5. The Bertz CT molecular complexity index is 1250. The number of ether oxygens (including phenoxy) is 2. The highest BCUT2D eigenvalue weighted by atomic mass is 16.5. The van der Waals surface area contributed by atoms with Gasteiger partial charge >= 0.3 is 0 Å². The smallest absolute Gasteiger partial charge is 0.253 e. The molecule has 4 rings (SSSR count). The molecule has 0 aromatic heterocycles. The average Bonchev–Trinajstić information content (AvgIpc) is 2.88. The summed E-state index contributed by atoms with van der Waals surface area (Å²) in [6.07, 6.45) is 1.88. The Hall–Kier alpha value is -3.91. The lowest BCUT2D eigenvalue weighted by atomic mass is 10.0. The first-order chi connectivity index (χ1) is 17.3. The van der Waals surface area contributed by atoms with E-state index in [9.17, 15) is 4.79 Å². The molecule has 1 aliphatic heterocycles. The predicted molar refractivity (Wildman–Crippen MR) is 143 cm³/mol. The molecule has 8 heteroatoms. The first-order valence-electron chi connectivity index (χ1n) is 12.1. The molecule has 36 heavy (non-hydrogen) atoms. The SMILES string of the molecule is COCC(=O)N(Cc1ccc2ccc(C(=N)N)cc2c1)c1ccc(OC2CCN(C(C)=N)CC2)cc1. The van der Waals surface area contributed by atoms with Crippen LogP contribution in [0.1, 0.15) is 30.9 Å². The Balaban J connectivity index is 1.50. The number of nitrogens with two attached hydrogens (primary N) is 1. The molecule has 1 saturated heterocycles. The van der Waals surface area contributed by atoms with E-state index < -0.39 is 0 Å². The third-order valence-electron chi connectivity index (χ3n) is 6.49. The Kier molecular flexibility index (Phi) is 7.85. The summed E-state index contributed by atoms with van der Waals surface area (Å²) >= 11 is 0. The zero-order valence-electron chi connectivity index (χ0n) is 20.8. The number of likely N-dealkylation sites (tertiary alicyclic amines) is 1. The molecule has 1 fully saturated rings. The number of nitrogens with one attached hydrogen (secondary N) is 2. The van der Waals surface area contributed by atoms with Crippen LogP contribution < -0.4 is 15.4 Å². The summed E-state index contributed by atoms with van der Waals surface area (Å²) in [6, 6.07) is 19.3. The second kappa shape index (κ2) is 11.2. The van der Waals surface area contributed by atoms with Gasteiger partial charge in [-0.25, -0.2) is 0 Å². The molecule has 0 unspecified atom stereocenters. The summed E-state index contributed by atoms with van der Waals surface area (Å²) < 4.78 is 11.3. The maximum Gasteiger partial charge on any atom is 0.253 e. The van der Waals surface area contributed by atoms with Crippen LogP contribution in [-0.4, -0.2) is 55.4 Å². The van der Waals surface area contributed by atoms with Gasteiger partial charge in [-0.15, -0.1) is 0 Å². The van der Waals surface area contributed by atoms with Crippen molar-refractivity contribution in [1.29, 1.82) is 10.8 Å². The Labute approximate surface area is 211 Å². The van der Waals surface area contributed by atoms with Gasteiger partial charge < -0.3 is 25.0 Å². The number of rotatable bonds is 8. The Morgan fingerprint density at radius 1 is 1.03 bits per heavy atom. The average molecular weight is 488 g/mol. The molecule has 3 aromatic rings. The molecule has 1 aliphatic rings. The van der Waals surface area contributed by atoms with Crippen molar-refractivity contribution in [3.63, 3.8) is 0 Å². The van der Waals surface area contributed by atoms with E-state index in [1.807, 2.05) is 67.6 Å². The minimum absolute atomic E-state index is 0.0225. The summed E-state index contributed by atoms with van der Waals surface area (Å²) in [4.78, 5) is 16.7. The van der Waals surface area contributed by atoms with E-state index in [1.54, 1.807) is 4.90 Å². The van der Waals surface area contributed by atoms with Crippen molar-refractivity contribution >= 4 is 34.0 Å². The van der Waals surface area contributed by atoms with E-state index in [0.717, 1.165) is 53.7 Å². The molecule has 0 spiro atoms. The van der Waals surface area contributed by atoms with Crippen LogP contribution in [0, 0.1) is 10.8 Å². The predicted octanol–water partition coefficient (Wildman–Crippen LogP) is 4.14. The fraction of sp³-hybridized carbons (Fsp3) is 0.321. The van der Waals surface area contributed by atoms with Crippen molar-refractivity contribution in [2.24, 2.45) is 5.73 Å². The highest BCUT2D eigenvalue weighted by molar-refractivity contribution is 5.99. The van der Waals surface area contributed by atoms with Crippen LogP contribution in [0.25, 0.3) is 10.8 Å². The minimum atomic E-state index is -0.141. The summed E-state index contributed by atoms with van der Waals surface area (Å²) in [5.41, 5.74) is 8.05. The van der Waals surface area contributed by atoms with Gasteiger partial charge in [0.05, 0.1) is 12.4 Å². The van der Waals surface area contributed by atoms with Crippen molar-refractivity contribution in [1.82, 2.24) is 4.90 Å². The van der Waals surface area contributed by atoms with Crippen LogP contribution in [-0.2, 0) is 16.1 Å². The lowest BCUT2D eigenvalue weighted by Gasteiger charge is -2.33. The standard InChI is InChI=1S/C28H33N5O3/c1-19(29)32-13-11-26(12-14-32)36-25-9-7-24(8-10-25)33(27(34)18-35-2)17-20-3-4-21-5-6-22(28(30)31)16-23(21)15-20/h3-10,15-16,26,29H,11-14,17-18H2,1-2H3,(H3,30,31). The largest absolute Gasteiger partial charge is 0.490 e. The van der Waals surface area contributed by atoms with E-state index in [0.29, 0.717) is 17.9 Å². The topological polar surface area (TPSA) is 116 Å². The molecule has 0 radical (unpaired) electrons. The van der Waals surface area contributed by atoms with E-state index in [2.05, 4.69) is 4.90 Å². The molecule has 0 saturated carbocycles. The molecule has 0 atom stereocenters. The van der Waals surface area contributed by atoms with Crippen LogP contribution in [0.2, 0.25) is 0 Å². The fourth-order valence-corrected chi connectivity index (χ4v) is 4.48. The summed E-state index contributed by atoms with van der Waals surface area (Å²) in [7, 11) is 1.51. The molecule has 3 aromatic carbocycles. The van der Waals surface area contributed by atoms with Crippen LogP contribution in [0.5, 0.6) is 5.75 Å². The van der Waals surface area contributed by atoms with Crippen molar-refractivity contribution < 1.29 is 14.3 Å². The van der Waals surface area contributed by atoms with Gasteiger partial charge in [0.15, 0.2) is 0 Å². The number of hydrogen-bond donors (Lipinski definition) is 3. The number of hydrogen-bond acceptors (Lipinski definition) is 5. The van der Waals surface area contributed by atoms with Gasteiger partial charge in [-0.05, 0) is 59.7 Å². The van der Waals surface area contributed by atoms with Gasteiger partial charge in [-0.1, -0.05) is 24.3 Å². The van der Waals surface area contributed by atoms with Crippen molar-refractivity contribution in [2.45, 2.75) is 32.4 Å². The van der Waals surface area contributed by atoms with Crippen LogP contribution in [0.15, 0.2) is 60.7 Å². The maximum absolute atomic E-state index is 12.9. The quantitative estimate of drug-likeness (QED) is 0.326. The van der Waals surface area contributed by atoms with E-state index in [4.69, 9.17) is 26.0 Å². The van der Waals surface area contributed by atoms with Crippen LogP contribution in [0.4, 0.5) is 5.69 Å². The van der Waals surface area contributed by atoms with Gasteiger partial charge in [-0.3, -0.25) is 15.6 Å². The number of piperidine rings is 1. The van der Waals surface area contributed by atoms with Crippen LogP contribution >= 0.6 is 0 Å². The molecule has 4 N–H and O–H groups in total. The highest BCUT2D eigenvalue weighted by Crippen LogP contribution is 2.26. The molecule has 188 valence electrons. The van der Waals surface area contributed by atoms with Crippen molar-refractivity contribution in [3.05, 3.63) is 71.8 Å². The highest BCUT2D eigenvalue weighted by Gasteiger charge is 2.21.